The lowest BCUT2D eigenvalue weighted by molar-refractivity contribution is -0.116. The number of fused-ring (bicyclic) bond motifs is 3. The van der Waals surface area contributed by atoms with Crippen molar-refractivity contribution in [2.45, 2.75) is 78.3 Å². The highest BCUT2D eigenvalue weighted by Gasteiger charge is 2.21. The molecule has 0 spiro atoms. The van der Waals surface area contributed by atoms with E-state index in [4.69, 9.17) is 4.42 Å². The number of rotatable bonds is 18. The van der Waals surface area contributed by atoms with Gasteiger partial charge in [0.25, 0.3) is 11.8 Å². The second-order valence-electron chi connectivity index (χ2n) is 20.0. The largest absolute Gasteiger partial charge is 0.455 e. The van der Waals surface area contributed by atoms with E-state index in [1.807, 2.05) is 128 Å². The van der Waals surface area contributed by atoms with Crippen LogP contribution in [0, 0.1) is 6.92 Å². The fourth-order valence-corrected chi connectivity index (χ4v) is 10.7. The van der Waals surface area contributed by atoms with Gasteiger partial charge in [-0.3, -0.25) is 34.4 Å². The Morgan fingerprint density at radius 3 is 1.46 bits per heavy atom. The molecule has 22 nitrogen and oxygen atoms in total. The molecule has 3 aromatic carbocycles. The monoisotopic (exact) mass is 1160 g/mol. The minimum Gasteiger partial charge on any atom is -0.455 e. The number of aryl methyl sites for hydroxylation is 2. The Bertz CT molecular complexity index is 3940. The van der Waals surface area contributed by atoms with Crippen LogP contribution in [0.4, 0.5) is 17.1 Å². The molecule has 0 aliphatic rings. The molecule has 3 amide bonds. The van der Waals surface area contributed by atoms with E-state index in [0.717, 1.165) is 112 Å². The van der Waals surface area contributed by atoms with E-state index >= 15 is 0 Å². The first-order valence-electron chi connectivity index (χ1n) is 25.9. The van der Waals surface area contributed by atoms with E-state index in [0.29, 0.717) is 29.4 Å². The first-order chi connectivity index (χ1) is 39.6. The van der Waals surface area contributed by atoms with Crippen molar-refractivity contribution in [2.24, 2.45) is 7.05 Å². The van der Waals surface area contributed by atoms with Gasteiger partial charge < -0.3 is 25.3 Å². The van der Waals surface area contributed by atoms with Crippen molar-refractivity contribution in [1.29, 1.82) is 0 Å². The molecule has 0 fully saturated rings. The Morgan fingerprint density at radius 1 is 0.598 bits per heavy atom. The molecule has 420 valence electrons. The van der Waals surface area contributed by atoms with Crippen LogP contribution < -0.4 is 16.0 Å². The van der Waals surface area contributed by atoms with E-state index in [1.54, 1.807) is 70.7 Å². The van der Waals surface area contributed by atoms with Gasteiger partial charge in [-0.15, -0.1) is 35.3 Å². The Labute approximate surface area is 484 Å². The van der Waals surface area contributed by atoms with Crippen molar-refractivity contribution in [2.75, 3.05) is 36.6 Å². The minimum atomic E-state index is -0.263. The third-order valence-corrected chi connectivity index (χ3v) is 15.5. The van der Waals surface area contributed by atoms with Crippen LogP contribution in [0.15, 0.2) is 148 Å². The van der Waals surface area contributed by atoms with Gasteiger partial charge in [-0.1, -0.05) is 57.2 Å². The summed E-state index contributed by atoms with van der Waals surface area (Å²) in [5.74, 6) is 2.82. The van der Waals surface area contributed by atoms with Crippen molar-refractivity contribution in [3.8, 4) is 0 Å². The standard InChI is InChI=1S/C21H21N5O2S.C18H17N7OS.C18H22N6OS/c1-21(2,3)17-8-7-16(28-17)19(27)25-14-6-4-5-13(9-14)11-29-20-15-10-24-26-18(15)22-12-23-20;1-11-6-15(24-25(11)2)17(26)22-13-5-3-4-12(7-13)9-27-18-14-8-21-23-16(14)19-10-20-18;1-24(2)8-4-7-16(25)22-14-6-3-5-13(9-14)11-26-18-15-10-21-23-17(15)19-12-20-18/h4-10,12H,11H2,1-3H3,(H,25,27)(H,22,23,24,26);3-8,10H,9H2,1-2H3,(H,22,26)(H,19,20,21,23);3,5-6,9-10,12H,4,7-8,11H2,1-2H3,(H,22,25)(H,19,20,21,23). The molecule has 25 heteroatoms. The summed E-state index contributed by atoms with van der Waals surface area (Å²) in [6, 6.07) is 28.7. The molecule has 82 heavy (non-hydrogen) atoms. The summed E-state index contributed by atoms with van der Waals surface area (Å²) in [6.45, 7) is 8.95. The lowest BCUT2D eigenvalue weighted by atomic mass is 9.94. The molecule has 11 aromatic rings. The Kier molecular flexibility index (Phi) is 19.1. The topological polar surface area (TPSA) is 285 Å². The zero-order valence-corrected chi connectivity index (χ0v) is 48.5. The van der Waals surface area contributed by atoms with Crippen molar-refractivity contribution in [1.82, 2.24) is 75.2 Å². The molecule has 0 saturated heterocycles. The van der Waals surface area contributed by atoms with Gasteiger partial charge in [-0.25, -0.2) is 29.9 Å². The van der Waals surface area contributed by atoms with E-state index in [-0.39, 0.29) is 23.1 Å². The zero-order valence-electron chi connectivity index (χ0n) is 46.1. The predicted molar refractivity (Wildman–Crippen MR) is 321 cm³/mol. The summed E-state index contributed by atoms with van der Waals surface area (Å²) >= 11 is 4.82. The van der Waals surface area contributed by atoms with Crippen molar-refractivity contribution >= 4 is 103 Å². The quantitative estimate of drug-likeness (QED) is 0.0344. The number of amides is 3. The second-order valence-corrected chi connectivity index (χ2v) is 22.9. The molecule has 0 bridgehead atoms. The maximum atomic E-state index is 12.5. The molecule has 0 radical (unpaired) electrons. The van der Waals surface area contributed by atoms with Gasteiger partial charge in [0.1, 0.15) is 39.8 Å². The molecule has 0 aliphatic heterocycles. The molecule has 8 aromatic heterocycles. The normalized spacial score (nSPS) is 11.3. The lowest BCUT2D eigenvalue weighted by Gasteiger charge is -2.14. The number of hydrogen-bond donors (Lipinski definition) is 6. The van der Waals surface area contributed by atoms with Gasteiger partial charge in [0.2, 0.25) is 5.91 Å². The molecular formula is C57H60N18O4S3. The maximum absolute atomic E-state index is 12.5. The highest BCUT2D eigenvalue weighted by Crippen LogP contribution is 2.31. The maximum Gasteiger partial charge on any atom is 0.291 e. The van der Waals surface area contributed by atoms with Crippen molar-refractivity contribution in [3.63, 3.8) is 0 Å². The first kappa shape index (κ1) is 57.9. The van der Waals surface area contributed by atoms with Crippen LogP contribution in [-0.2, 0) is 34.5 Å². The van der Waals surface area contributed by atoms with Gasteiger partial charge in [0.15, 0.2) is 28.4 Å². The van der Waals surface area contributed by atoms with Gasteiger partial charge in [-0.05, 0) is 105 Å². The molecule has 0 saturated carbocycles. The number of H-pyrrole nitrogens is 3. The van der Waals surface area contributed by atoms with Crippen LogP contribution >= 0.6 is 35.3 Å². The number of carbonyl (C=O) groups excluding carboxylic acids is 3. The highest BCUT2D eigenvalue weighted by atomic mass is 32.2. The second kappa shape index (κ2) is 27.1. The van der Waals surface area contributed by atoms with Crippen molar-refractivity contribution < 1.29 is 18.8 Å². The number of benzene rings is 3. The number of furan rings is 1. The van der Waals surface area contributed by atoms with Crippen LogP contribution in [0.3, 0.4) is 0 Å². The number of hydrogen-bond acceptors (Lipinski definition) is 18. The summed E-state index contributed by atoms with van der Waals surface area (Å²) in [6.07, 6.45) is 11.1. The SMILES string of the molecule is CC(C)(C)c1ccc(C(=O)Nc2cccc(CSc3ncnc4[nH]ncc34)c2)o1.CN(C)CCCC(=O)Nc1cccc(CSc2ncnc3[nH]ncc23)c1.Cc1cc(C(=O)Nc2cccc(CSc3ncnc4[nH]ncc34)c2)nn1C. The van der Waals surface area contributed by atoms with Crippen LogP contribution in [0.5, 0.6) is 0 Å². The molecule has 8 heterocycles. The van der Waals surface area contributed by atoms with Crippen LogP contribution in [0.2, 0.25) is 0 Å². The number of thioether (sulfide) groups is 3. The number of aromatic amines is 3. The third kappa shape index (κ3) is 15.8. The van der Waals surface area contributed by atoms with Gasteiger partial charge in [0, 0.05) is 58.9 Å². The fraction of sp³-hybridized carbons (Fsp3) is 0.246. The molecule has 11 rings (SSSR count). The van der Waals surface area contributed by atoms with E-state index in [2.05, 4.69) is 86.4 Å². The van der Waals surface area contributed by atoms with E-state index in [9.17, 15) is 14.4 Å². The Morgan fingerprint density at radius 2 is 1.05 bits per heavy atom. The van der Waals surface area contributed by atoms with Crippen LogP contribution in [0.25, 0.3) is 33.1 Å². The fourth-order valence-electron chi connectivity index (χ4n) is 7.95. The molecule has 0 unspecified atom stereocenters. The van der Waals surface area contributed by atoms with Gasteiger partial charge >= 0.3 is 0 Å². The number of carbonyl (C=O) groups is 3. The average Bonchev–Trinajstić information content (AvgIpc) is 4.40. The van der Waals surface area contributed by atoms with Gasteiger partial charge in [-0.2, -0.15) is 20.4 Å². The number of anilines is 3. The summed E-state index contributed by atoms with van der Waals surface area (Å²) in [4.78, 5) is 64.4. The predicted octanol–water partition coefficient (Wildman–Crippen LogP) is 10.7. The lowest BCUT2D eigenvalue weighted by Crippen LogP contribution is -2.17. The molecular weight excluding hydrogens is 1100 g/mol. The van der Waals surface area contributed by atoms with Gasteiger partial charge in [0.05, 0.1) is 34.7 Å². The summed E-state index contributed by atoms with van der Waals surface area (Å²) < 4.78 is 7.39. The highest BCUT2D eigenvalue weighted by molar-refractivity contribution is 7.99. The summed E-state index contributed by atoms with van der Waals surface area (Å²) in [5, 5.41) is 38.9. The molecule has 0 aliphatic carbocycles. The first-order valence-corrected chi connectivity index (χ1v) is 28.8. The number of nitrogens with zero attached hydrogens (tertiary/aromatic N) is 12. The zero-order chi connectivity index (χ0) is 57.6. The van der Waals surface area contributed by atoms with Crippen molar-refractivity contribution in [3.05, 3.63) is 168 Å². The number of nitrogens with one attached hydrogen (secondary N) is 6. The number of aromatic nitrogens is 14. The Hall–Kier alpha value is -8.78. The summed E-state index contributed by atoms with van der Waals surface area (Å²) in [7, 11) is 5.83. The third-order valence-electron chi connectivity index (χ3n) is 12.3. The van der Waals surface area contributed by atoms with Crippen LogP contribution in [0.1, 0.15) is 82.8 Å². The average molecular weight is 1160 g/mol. The Balaban J connectivity index is 0.000000148. The smallest absolute Gasteiger partial charge is 0.291 e. The van der Waals surface area contributed by atoms with E-state index < -0.39 is 0 Å². The molecule has 6 N–H and O–H groups in total. The minimum absolute atomic E-state index is 0.0487. The van der Waals surface area contributed by atoms with E-state index in [1.165, 1.54) is 19.0 Å². The molecule has 0 atom stereocenters. The van der Waals surface area contributed by atoms with Crippen LogP contribution in [-0.4, -0.2) is 114 Å². The summed E-state index contributed by atoms with van der Waals surface area (Å²) in [5.41, 5.74) is 8.91.